The molecule has 0 saturated carbocycles. The Morgan fingerprint density at radius 1 is 1.27 bits per heavy atom. The Labute approximate surface area is 150 Å². The van der Waals surface area contributed by atoms with Crippen molar-refractivity contribution in [3.63, 3.8) is 0 Å². The van der Waals surface area contributed by atoms with E-state index in [9.17, 15) is 19.5 Å². The third-order valence-electron chi connectivity index (χ3n) is 4.55. The second-order valence-electron chi connectivity index (χ2n) is 6.76. The number of amides is 1. The van der Waals surface area contributed by atoms with E-state index in [1.54, 1.807) is 26.0 Å². The van der Waals surface area contributed by atoms with E-state index < -0.39 is 17.9 Å². The number of nitrogens with one attached hydrogen (secondary N) is 1. The lowest BCUT2D eigenvalue weighted by Crippen LogP contribution is -2.51. The van der Waals surface area contributed by atoms with Crippen LogP contribution >= 0.6 is 0 Å². The minimum absolute atomic E-state index is 0.305. The van der Waals surface area contributed by atoms with Gasteiger partial charge in [-0.05, 0) is 42.9 Å². The number of carboxylic acid groups (broad SMARTS) is 1. The van der Waals surface area contributed by atoms with Crippen molar-refractivity contribution in [3.8, 4) is 5.75 Å². The molecular formula is C19H20NO6-. The molecule has 26 heavy (non-hydrogen) atoms. The first kappa shape index (κ1) is 18.0. The number of hydrogen-bond donors (Lipinski definition) is 1. The highest BCUT2D eigenvalue weighted by Crippen LogP contribution is 2.29. The van der Waals surface area contributed by atoms with Crippen LogP contribution in [0.4, 0.5) is 0 Å². The number of benzene rings is 1. The van der Waals surface area contributed by atoms with Gasteiger partial charge in [0.1, 0.15) is 11.3 Å². The summed E-state index contributed by atoms with van der Waals surface area (Å²) >= 11 is 0. The molecule has 0 aliphatic heterocycles. The maximum atomic E-state index is 12.0. The Bertz CT molecular complexity index is 914. The highest BCUT2D eigenvalue weighted by Gasteiger charge is 2.20. The molecular weight excluding hydrogens is 338 g/mol. The summed E-state index contributed by atoms with van der Waals surface area (Å²) in [4.78, 5) is 34.9. The largest absolute Gasteiger partial charge is 0.548 e. The van der Waals surface area contributed by atoms with E-state index in [1.165, 1.54) is 0 Å². The standard InChI is InChI=1S/C19H21NO6/c1-10(2)17(18(22)23)20-16(21)9-25-11-6-7-13-12-4-3-5-14(12)19(24)26-15(13)8-11/h6-8,10,17H,3-5,9H2,1-2H3,(H,20,21)(H,22,23)/p-1/t17-/m0/s1. The smallest absolute Gasteiger partial charge is 0.339 e. The van der Waals surface area contributed by atoms with Crippen LogP contribution in [0.3, 0.4) is 0 Å². The molecule has 3 rings (SSSR count). The average Bonchev–Trinajstić information content (AvgIpc) is 3.07. The first-order valence-corrected chi connectivity index (χ1v) is 8.58. The third kappa shape index (κ3) is 3.56. The monoisotopic (exact) mass is 358 g/mol. The van der Waals surface area contributed by atoms with Crippen LogP contribution in [-0.2, 0) is 22.4 Å². The van der Waals surface area contributed by atoms with Gasteiger partial charge in [-0.25, -0.2) is 4.79 Å². The van der Waals surface area contributed by atoms with Crippen LogP contribution in [0, 0.1) is 5.92 Å². The van der Waals surface area contributed by atoms with Gasteiger partial charge < -0.3 is 24.4 Å². The predicted molar refractivity (Wildman–Crippen MR) is 91.8 cm³/mol. The summed E-state index contributed by atoms with van der Waals surface area (Å²) < 4.78 is 10.8. The molecule has 0 unspecified atom stereocenters. The lowest BCUT2D eigenvalue weighted by molar-refractivity contribution is -0.309. The number of carbonyl (C=O) groups excluding carboxylic acids is 2. The Balaban J connectivity index is 1.72. The molecule has 0 saturated heterocycles. The van der Waals surface area contributed by atoms with Gasteiger partial charge in [0.05, 0.1) is 12.0 Å². The molecule has 1 aromatic carbocycles. The third-order valence-corrected chi connectivity index (χ3v) is 4.55. The van der Waals surface area contributed by atoms with Gasteiger partial charge in [0.25, 0.3) is 5.91 Å². The number of rotatable bonds is 6. The molecule has 2 aromatic rings. The summed E-state index contributed by atoms with van der Waals surface area (Å²) in [6, 6.07) is 4.00. The van der Waals surface area contributed by atoms with Crippen LogP contribution in [0.15, 0.2) is 27.4 Å². The van der Waals surface area contributed by atoms with Gasteiger partial charge in [0, 0.05) is 17.0 Å². The van der Waals surface area contributed by atoms with Gasteiger partial charge in [0.2, 0.25) is 0 Å². The summed E-state index contributed by atoms with van der Waals surface area (Å²) in [5.41, 5.74) is 1.86. The van der Waals surface area contributed by atoms with E-state index in [-0.39, 0.29) is 18.2 Å². The summed E-state index contributed by atoms with van der Waals surface area (Å²) in [6.45, 7) is 2.99. The fourth-order valence-electron chi connectivity index (χ4n) is 3.22. The van der Waals surface area contributed by atoms with E-state index in [0.717, 1.165) is 35.8 Å². The zero-order valence-corrected chi connectivity index (χ0v) is 14.7. The number of fused-ring (bicyclic) bond motifs is 3. The van der Waals surface area contributed by atoms with Crippen molar-refractivity contribution >= 4 is 22.8 Å². The Kier molecular flexibility index (Phi) is 4.97. The number of carbonyl (C=O) groups is 2. The average molecular weight is 358 g/mol. The summed E-state index contributed by atoms with van der Waals surface area (Å²) in [7, 11) is 0. The number of ether oxygens (including phenoxy) is 1. The summed E-state index contributed by atoms with van der Waals surface area (Å²) in [6.07, 6.45) is 2.52. The first-order chi connectivity index (χ1) is 12.4. The number of hydrogen-bond acceptors (Lipinski definition) is 6. The van der Waals surface area contributed by atoms with Gasteiger partial charge in [-0.2, -0.15) is 0 Å². The minimum atomic E-state index is -1.34. The molecule has 0 fully saturated rings. The van der Waals surface area contributed by atoms with Crippen molar-refractivity contribution in [2.45, 2.75) is 39.2 Å². The minimum Gasteiger partial charge on any atom is -0.548 e. The summed E-state index contributed by atoms with van der Waals surface area (Å²) in [5, 5.41) is 14.3. The van der Waals surface area contributed by atoms with Crippen molar-refractivity contribution < 1.29 is 23.8 Å². The molecule has 0 bridgehead atoms. The second kappa shape index (κ2) is 7.19. The van der Waals surface area contributed by atoms with E-state index >= 15 is 0 Å². The molecule has 1 amide bonds. The molecule has 1 aromatic heterocycles. The van der Waals surface area contributed by atoms with Gasteiger partial charge >= 0.3 is 5.63 Å². The maximum absolute atomic E-state index is 12.0. The zero-order valence-electron chi connectivity index (χ0n) is 14.7. The van der Waals surface area contributed by atoms with Crippen LogP contribution in [0.2, 0.25) is 0 Å². The van der Waals surface area contributed by atoms with Crippen molar-refractivity contribution in [3.05, 3.63) is 39.7 Å². The van der Waals surface area contributed by atoms with E-state index in [0.29, 0.717) is 11.3 Å². The molecule has 1 aliphatic rings. The second-order valence-corrected chi connectivity index (χ2v) is 6.76. The van der Waals surface area contributed by atoms with Crippen molar-refractivity contribution in [2.75, 3.05) is 6.61 Å². The summed E-state index contributed by atoms with van der Waals surface area (Å²) in [5.74, 6) is -1.85. The van der Waals surface area contributed by atoms with Crippen molar-refractivity contribution in [2.24, 2.45) is 5.92 Å². The number of aliphatic carboxylic acids is 1. The Morgan fingerprint density at radius 2 is 2.00 bits per heavy atom. The maximum Gasteiger partial charge on any atom is 0.339 e. The van der Waals surface area contributed by atoms with E-state index in [4.69, 9.17) is 9.15 Å². The molecule has 7 heteroatoms. The Morgan fingerprint density at radius 3 is 2.69 bits per heavy atom. The first-order valence-electron chi connectivity index (χ1n) is 8.58. The zero-order chi connectivity index (χ0) is 18.8. The van der Waals surface area contributed by atoms with Crippen molar-refractivity contribution in [1.29, 1.82) is 0 Å². The van der Waals surface area contributed by atoms with Crippen LogP contribution < -0.4 is 20.8 Å². The highest BCUT2D eigenvalue weighted by atomic mass is 16.5. The lowest BCUT2D eigenvalue weighted by atomic mass is 10.1. The molecule has 1 aliphatic carbocycles. The van der Waals surface area contributed by atoms with Crippen LogP contribution in [0.25, 0.3) is 11.0 Å². The fraction of sp³-hybridized carbons (Fsp3) is 0.421. The lowest BCUT2D eigenvalue weighted by Gasteiger charge is -2.23. The number of carboxylic acids is 1. The van der Waals surface area contributed by atoms with Crippen LogP contribution in [0.5, 0.6) is 5.75 Å². The van der Waals surface area contributed by atoms with Gasteiger partial charge in [0.15, 0.2) is 6.61 Å². The Hall–Kier alpha value is -2.83. The topological polar surface area (TPSA) is 109 Å². The van der Waals surface area contributed by atoms with Gasteiger partial charge in [-0.3, -0.25) is 4.79 Å². The van der Waals surface area contributed by atoms with Crippen LogP contribution in [0.1, 0.15) is 31.4 Å². The quantitative estimate of drug-likeness (QED) is 0.756. The molecule has 1 N–H and O–H groups in total. The van der Waals surface area contributed by atoms with E-state index in [2.05, 4.69) is 5.32 Å². The number of aryl methyl sites for hydroxylation is 1. The van der Waals surface area contributed by atoms with Gasteiger partial charge in [-0.15, -0.1) is 0 Å². The van der Waals surface area contributed by atoms with Crippen LogP contribution in [-0.4, -0.2) is 24.5 Å². The molecule has 0 spiro atoms. The highest BCUT2D eigenvalue weighted by molar-refractivity contribution is 5.85. The predicted octanol–water partition coefficient (Wildman–Crippen LogP) is 0.551. The van der Waals surface area contributed by atoms with Gasteiger partial charge in [-0.1, -0.05) is 13.8 Å². The van der Waals surface area contributed by atoms with Crippen molar-refractivity contribution in [1.82, 2.24) is 5.32 Å². The normalized spacial score (nSPS) is 14.3. The molecule has 1 heterocycles. The fourth-order valence-corrected chi connectivity index (χ4v) is 3.22. The molecule has 138 valence electrons. The molecule has 7 nitrogen and oxygen atoms in total. The molecule has 1 atom stereocenters. The van der Waals surface area contributed by atoms with E-state index in [1.807, 2.05) is 6.07 Å². The molecule has 0 radical (unpaired) electrons. The SMILES string of the molecule is CC(C)[C@H](NC(=O)COc1ccc2c3c(c(=O)oc2c1)CCC3)C(=O)[O-].